The van der Waals surface area contributed by atoms with Gasteiger partial charge in [0.15, 0.2) is 11.5 Å². The molecule has 4 heteroatoms. The van der Waals surface area contributed by atoms with Gasteiger partial charge in [-0.05, 0) is 25.5 Å². The Morgan fingerprint density at radius 3 is 2.44 bits per heavy atom. The van der Waals surface area contributed by atoms with Crippen LogP contribution in [0, 0.1) is 5.92 Å². The number of Topliss-reactive ketones (excluding diaryl/α,β-unsaturated/α-hetero) is 2. The van der Waals surface area contributed by atoms with E-state index in [4.69, 9.17) is 9.47 Å². The molecule has 16 heavy (non-hydrogen) atoms. The van der Waals surface area contributed by atoms with Crippen molar-refractivity contribution >= 4 is 11.6 Å². The highest BCUT2D eigenvalue weighted by Crippen LogP contribution is 2.25. The normalized spacial score (nSPS) is 19.6. The molecule has 1 aliphatic rings. The summed E-state index contributed by atoms with van der Waals surface area (Å²) in [5.41, 5.74) is 0. The number of ether oxygens (including phenoxy) is 2. The Balaban J connectivity index is 2.74. The first kappa shape index (κ1) is 12.5. The highest BCUT2D eigenvalue weighted by Gasteiger charge is 2.23. The maximum Gasteiger partial charge on any atom is 0.157 e. The van der Waals surface area contributed by atoms with Crippen molar-refractivity contribution in [2.45, 2.75) is 19.8 Å². The topological polar surface area (TPSA) is 52.6 Å². The summed E-state index contributed by atoms with van der Waals surface area (Å²) in [6.07, 6.45) is 4.06. The molecule has 1 unspecified atom stereocenters. The van der Waals surface area contributed by atoms with Gasteiger partial charge in [0, 0.05) is 5.92 Å². The van der Waals surface area contributed by atoms with Gasteiger partial charge in [-0.1, -0.05) is 0 Å². The van der Waals surface area contributed by atoms with E-state index in [1.807, 2.05) is 6.08 Å². The van der Waals surface area contributed by atoms with Crippen LogP contribution in [0.3, 0.4) is 0 Å². The molecule has 1 atom stereocenters. The van der Waals surface area contributed by atoms with E-state index in [1.54, 1.807) is 13.2 Å². The van der Waals surface area contributed by atoms with E-state index in [-0.39, 0.29) is 23.9 Å². The minimum atomic E-state index is -0.280. The van der Waals surface area contributed by atoms with Crippen LogP contribution in [0.25, 0.3) is 0 Å². The van der Waals surface area contributed by atoms with Crippen LogP contribution in [0.1, 0.15) is 19.8 Å². The lowest BCUT2D eigenvalue weighted by atomic mass is 9.92. The second-order valence-corrected chi connectivity index (χ2v) is 3.69. The molecule has 0 N–H and O–H groups in total. The molecule has 0 aromatic rings. The number of carbonyl (C=O) groups excluding carboxylic acids is 2. The van der Waals surface area contributed by atoms with E-state index >= 15 is 0 Å². The molecule has 0 heterocycles. The number of hydrogen-bond acceptors (Lipinski definition) is 4. The monoisotopic (exact) mass is 224 g/mol. The predicted molar refractivity (Wildman–Crippen MR) is 58.6 cm³/mol. The summed E-state index contributed by atoms with van der Waals surface area (Å²) in [6, 6.07) is 0. The SMILES string of the molecule is COC1=CCC(C(=O)CC(C)=O)C=C1OC. The second kappa shape index (κ2) is 5.49. The van der Waals surface area contributed by atoms with Gasteiger partial charge in [-0.3, -0.25) is 9.59 Å². The lowest BCUT2D eigenvalue weighted by Gasteiger charge is -2.18. The molecule has 0 radical (unpaired) electrons. The Hall–Kier alpha value is -1.58. The second-order valence-electron chi connectivity index (χ2n) is 3.69. The van der Waals surface area contributed by atoms with Crippen LogP contribution in [-0.4, -0.2) is 25.8 Å². The van der Waals surface area contributed by atoms with E-state index in [2.05, 4.69) is 0 Å². The molecule has 0 aromatic carbocycles. The molecule has 4 nitrogen and oxygen atoms in total. The molecule has 0 aliphatic heterocycles. The maximum atomic E-state index is 11.7. The average molecular weight is 224 g/mol. The summed E-state index contributed by atoms with van der Waals surface area (Å²) >= 11 is 0. The molecule has 0 aromatic heterocycles. The number of rotatable bonds is 5. The molecule has 0 fully saturated rings. The van der Waals surface area contributed by atoms with Crippen molar-refractivity contribution in [3.8, 4) is 0 Å². The fourth-order valence-electron chi connectivity index (χ4n) is 1.62. The van der Waals surface area contributed by atoms with Crippen LogP contribution in [0.15, 0.2) is 23.7 Å². The lowest BCUT2D eigenvalue weighted by molar-refractivity contribution is -0.127. The first-order valence-corrected chi connectivity index (χ1v) is 5.11. The van der Waals surface area contributed by atoms with Crippen LogP contribution in [0.5, 0.6) is 0 Å². The van der Waals surface area contributed by atoms with Crippen LogP contribution >= 0.6 is 0 Å². The van der Waals surface area contributed by atoms with Crippen molar-refractivity contribution in [2.24, 2.45) is 5.92 Å². The third-order valence-corrected chi connectivity index (χ3v) is 2.43. The van der Waals surface area contributed by atoms with E-state index in [0.717, 1.165) is 0 Å². The summed E-state index contributed by atoms with van der Waals surface area (Å²) in [4.78, 5) is 22.5. The minimum absolute atomic E-state index is 0.0195. The van der Waals surface area contributed by atoms with Gasteiger partial charge in [0.1, 0.15) is 11.6 Å². The van der Waals surface area contributed by atoms with Crippen molar-refractivity contribution in [3.63, 3.8) is 0 Å². The molecule has 0 spiro atoms. The van der Waals surface area contributed by atoms with E-state index in [9.17, 15) is 9.59 Å². The van der Waals surface area contributed by atoms with Gasteiger partial charge in [-0.25, -0.2) is 0 Å². The average Bonchev–Trinajstić information content (AvgIpc) is 2.27. The van der Waals surface area contributed by atoms with Gasteiger partial charge in [0.2, 0.25) is 0 Å². The molecule has 0 amide bonds. The number of carbonyl (C=O) groups is 2. The summed E-state index contributed by atoms with van der Waals surface area (Å²) in [5, 5.41) is 0. The van der Waals surface area contributed by atoms with Gasteiger partial charge in [0.05, 0.1) is 20.6 Å². The lowest BCUT2D eigenvalue weighted by Crippen LogP contribution is -2.18. The number of hydrogen-bond donors (Lipinski definition) is 0. The smallest absolute Gasteiger partial charge is 0.157 e. The van der Waals surface area contributed by atoms with Crippen molar-refractivity contribution in [1.82, 2.24) is 0 Å². The van der Waals surface area contributed by atoms with Crippen molar-refractivity contribution in [1.29, 1.82) is 0 Å². The number of allylic oxidation sites excluding steroid dienone is 2. The zero-order chi connectivity index (χ0) is 12.1. The zero-order valence-corrected chi connectivity index (χ0v) is 9.78. The van der Waals surface area contributed by atoms with Gasteiger partial charge < -0.3 is 9.47 Å². The van der Waals surface area contributed by atoms with Crippen LogP contribution in [0.4, 0.5) is 0 Å². The van der Waals surface area contributed by atoms with Crippen LogP contribution in [-0.2, 0) is 19.1 Å². The van der Waals surface area contributed by atoms with Crippen molar-refractivity contribution < 1.29 is 19.1 Å². The fourth-order valence-corrected chi connectivity index (χ4v) is 1.62. The van der Waals surface area contributed by atoms with E-state index in [1.165, 1.54) is 14.0 Å². The van der Waals surface area contributed by atoms with Gasteiger partial charge >= 0.3 is 0 Å². The molecule has 0 saturated heterocycles. The first-order valence-electron chi connectivity index (χ1n) is 5.11. The summed E-state index contributed by atoms with van der Waals surface area (Å²) in [6.45, 7) is 1.41. The first-order chi connectivity index (χ1) is 7.58. The minimum Gasteiger partial charge on any atom is -0.493 e. The predicted octanol–water partition coefficient (Wildman–Crippen LogP) is 1.62. The van der Waals surface area contributed by atoms with Gasteiger partial charge in [-0.2, -0.15) is 0 Å². The molecule has 88 valence electrons. The third kappa shape index (κ3) is 2.95. The standard InChI is InChI=1S/C12H16O4/c1-8(13)6-10(14)9-4-5-11(15-2)12(7-9)16-3/h5,7,9H,4,6H2,1-3H3. The highest BCUT2D eigenvalue weighted by atomic mass is 16.5. The fraction of sp³-hybridized carbons (Fsp3) is 0.500. The summed E-state index contributed by atoms with van der Waals surface area (Å²) < 4.78 is 10.2. The summed E-state index contributed by atoms with van der Waals surface area (Å²) in [5.74, 6) is 0.718. The van der Waals surface area contributed by atoms with Crippen LogP contribution in [0.2, 0.25) is 0 Å². The Morgan fingerprint density at radius 1 is 1.31 bits per heavy atom. The number of methoxy groups -OCH3 is 2. The Kier molecular flexibility index (Phi) is 4.28. The molecular weight excluding hydrogens is 208 g/mol. The number of ketones is 2. The molecule has 0 saturated carbocycles. The molecule has 0 bridgehead atoms. The van der Waals surface area contributed by atoms with Gasteiger partial charge in [-0.15, -0.1) is 0 Å². The van der Waals surface area contributed by atoms with Gasteiger partial charge in [0.25, 0.3) is 0 Å². The molecule has 1 rings (SSSR count). The Bertz CT molecular complexity index is 352. The molecular formula is C12H16O4. The summed E-state index contributed by atoms with van der Waals surface area (Å²) in [7, 11) is 3.08. The van der Waals surface area contributed by atoms with Crippen molar-refractivity contribution in [3.05, 3.63) is 23.7 Å². The van der Waals surface area contributed by atoms with Crippen LogP contribution < -0.4 is 0 Å². The maximum absolute atomic E-state index is 11.7. The molecule has 1 aliphatic carbocycles. The highest BCUT2D eigenvalue weighted by molar-refractivity contribution is 5.99. The Morgan fingerprint density at radius 2 is 1.94 bits per heavy atom. The zero-order valence-electron chi connectivity index (χ0n) is 9.78. The largest absolute Gasteiger partial charge is 0.493 e. The van der Waals surface area contributed by atoms with E-state index in [0.29, 0.717) is 17.9 Å². The van der Waals surface area contributed by atoms with Crippen molar-refractivity contribution in [2.75, 3.05) is 14.2 Å². The third-order valence-electron chi connectivity index (χ3n) is 2.43. The van der Waals surface area contributed by atoms with E-state index < -0.39 is 0 Å². The Labute approximate surface area is 94.9 Å². The quantitative estimate of drug-likeness (QED) is 0.666.